The number of nitrogens with zero attached hydrogens (tertiary/aromatic N) is 2. The quantitative estimate of drug-likeness (QED) is 0.678. The van der Waals surface area contributed by atoms with Gasteiger partial charge in [-0.2, -0.15) is 0 Å². The average Bonchev–Trinajstić information content (AvgIpc) is 2.67. The molecule has 1 heterocycles. The Balaban J connectivity index is 1.98. The Hall–Kier alpha value is 0.390. The van der Waals surface area contributed by atoms with Gasteiger partial charge in [0.2, 0.25) is 5.91 Å². The van der Waals surface area contributed by atoms with Crippen LogP contribution < -0.4 is 0 Å². The number of alkyl halides is 2. The summed E-state index contributed by atoms with van der Waals surface area (Å²) >= 11 is 7.09. The van der Waals surface area contributed by atoms with Gasteiger partial charge in [-0.1, -0.05) is 31.9 Å². The summed E-state index contributed by atoms with van der Waals surface area (Å²) in [7, 11) is 2.10. The van der Waals surface area contributed by atoms with E-state index in [1.165, 1.54) is 0 Å². The molecule has 1 saturated carbocycles. The first-order valence-corrected chi connectivity index (χ1v) is 6.81. The molecule has 0 radical (unpaired) electrons. The Morgan fingerprint density at radius 1 is 1.20 bits per heavy atom. The fourth-order valence-electron chi connectivity index (χ4n) is 1.99. The van der Waals surface area contributed by atoms with E-state index in [9.17, 15) is 4.79 Å². The van der Waals surface area contributed by atoms with Crippen molar-refractivity contribution in [1.82, 2.24) is 9.80 Å². The van der Waals surface area contributed by atoms with Crippen LogP contribution in [-0.2, 0) is 4.79 Å². The summed E-state index contributed by atoms with van der Waals surface area (Å²) in [5, 5.41) is 0. The lowest BCUT2D eigenvalue weighted by Crippen LogP contribution is -2.49. The molecule has 2 fully saturated rings. The molecule has 0 N–H and O–H groups in total. The van der Waals surface area contributed by atoms with Crippen molar-refractivity contribution < 1.29 is 4.79 Å². The summed E-state index contributed by atoms with van der Waals surface area (Å²) < 4.78 is -0.159. The topological polar surface area (TPSA) is 23.6 Å². The molecule has 0 aromatic rings. The Morgan fingerprint density at radius 3 is 2.07 bits per heavy atom. The highest BCUT2D eigenvalue weighted by atomic mass is 79.9. The van der Waals surface area contributed by atoms with E-state index in [0.29, 0.717) is 0 Å². The predicted octanol–water partition coefficient (Wildman–Crippen LogP) is 1.66. The third-order valence-electron chi connectivity index (χ3n) is 3.52. The molecule has 0 aromatic heterocycles. The summed E-state index contributed by atoms with van der Waals surface area (Å²) in [6.45, 7) is 5.72. The van der Waals surface area contributed by atoms with E-state index in [1.807, 2.05) is 11.8 Å². The monoisotopic (exact) mass is 338 g/mol. The lowest BCUT2D eigenvalue weighted by molar-refractivity contribution is -0.137. The third kappa shape index (κ3) is 1.98. The largest absolute Gasteiger partial charge is 0.340 e. The van der Waals surface area contributed by atoms with Crippen LogP contribution in [0.5, 0.6) is 0 Å². The maximum atomic E-state index is 12.3. The lowest BCUT2D eigenvalue weighted by Gasteiger charge is -2.34. The van der Waals surface area contributed by atoms with Crippen LogP contribution >= 0.6 is 31.9 Å². The van der Waals surface area contributed by atoms with Gasteiger partial charge in [-0.15, -0.1) is 0 Å². The number of rotatable bonds is 1. The fourth-order valence-corrected chi connectivity index (χ4v) is 3.45. The number of likely N-dealkylation sites (N-methyl/N-ethyl adjacent to an activating group) is 1. The number of piperazine rings is 1. The van der Waals surface area contributed by atoms with Gasteiger partial charge in [0, 0.05) is 26.2 Å². The minimum atomic E-state index is -0.247. The highest BCUT2D eigenvalue weighted by Gasteiger charge is 2.67. The van der Waals surface area contributed by atoms with E-state index < -0.39 is 0 Å². The molecule has 1 saturated heterocycles. The summed E-state index contributed by atoms with van der Waals surface area (Å²) in [6, 6.07) is 0. The number of hydrogen-bond donors (Lipinski definition) is 0. The molecule has 0 unspecified atom stereocenters. The summed E-state index contributed by atoms with van der Waals surface area (Å²) in [6.07, 6.45) is 0.880. The van der Waals surface area contributed by atoms with Crippen molar-refractivity contribution in [3.05, 3.63) is 0 Å². The zero-order valence-corrected chi connectivity index (χ0v) is 12.3. The molecule has 86 valence electrons. The fraction of sp³-hybridized carbons (Fsp3) is 0.900. The second-order valence-corrected chi connectivity index (χ2v) is 8.58. The number of halogens is 2. The van der Waals surface area contributed by atoms with Crippen LogP contribution in [0.15, 0.2) is 0 Å². The molecular formula is C10H16Br2N2O. The highest BCUT2D eigenvalue weighted by molar-refractivity contribution is 9.25. The van der Waals surface area contributed by atoms with E-state index in [4.69, 9.17) is 0 Å². The van der Waals surface area contributed by atoms with Crippen LogP contribution in [0.3, 0.4) is 0 Å². The van der Waals surface area contributed by atoms with Crippen molar-refractivity contribution in [3.63, 3.8) is 0 Å². The zero-order chi connectivity index (χ0) is 11.3. The van der Waals surface area contributed by atoms with Crippen molar-refractivity contribution >= 4 is 37.8 Å². The van der Waals surface area contributed by atoms with Crippen molar-refractivity contribution in [3.8, 4) is 0 Å². The minimum absolute atomic E-state index is 0.159. The van der Waals surface area contributed by atoms with E-state index >= 15 is 0 Å². The van der Waals surface area contributed by atoms with Crippen molar-refractivity contribution in [2.24, 2.45) is 5.41 Å². The SMILES string of the molecule is CN1CCN(C(=O)[C@]2(C)CC2(Br)Br)CC1. The van der Waals surface area contributed by atoms with Crippen LogP contribution in [0.4, 0.5) is 0 Å². The summed E-state index contributed by atoms with van der Waals surface area (Å²) in [5.74, 6) is 0.282. The van der Waals surface area contributed by atoms with Crippen LogP contribution in [0, 0.1) is 5.41 Å². The van der Waals surface area contributed by atoms with E-state index in [-0.39, 0.29) is 14.6 Å². The maximum absolute atomic E-state index is 12.3. The van der Waals surface area contributed by atoms with Crippen LogP contribution in [0.25, 0.3) is 0 Å². The van der Waals surface area contributed by atoms with Gasteiger partial charge in [-0.25, -0.2) is 0 Å². The van der Waals surface area contributed by atoms with Gasteiger partial charge in [0.1, 0.15) is 0 Å². The molecule has 0 bridgehead atoms. The predicted molar refractivity (Wildman–Crippen MR) is 67.4 cm³/mol. The normalized spacial score (nSPS) is 35.3. The zero-order valence-electron chi connectivity index (χ0n) is 9.09. The number of carbonyl (C=O) groups excluding carboxylic acids is 1. The number of hydrogen-bond acceptors (Lipinski definition) is 2. The van der Waals surface area contributed by atoms with Crippen molar-refractivity contribution in [2.45, 2.75) is 16.6 Å². The van der Waals surface area contributed by atoms with E-state index in [0.717, 1.165) is 32.6 Å². The van der Waals surface area contributed by atoms with E-state index in [2.05, 4.69) is 43.8 Å². The van der Waals surface area contributed by atoms with E-state index in [1.54, 1.807) is 0 Å². The molecule has 1 aliphatic carbocycles. The van der Waals surface area contributed by atoms with Gasteiger partial charge in [0.15, 0.2) is 0 Å². The molecule has 15 heavy (non-hydrogen) atoms. The van der Waals surface area contributed by atoms with Crippen LogP contribution in [-0.4, -0.2) is 52.2 Å². The van der Waals surface area contributed by atoms with Gasteiger partial charge in [-0.05, 0) is 20.4 Å². The molecule has 2 aliphatic rings. The lowest BCUT2D eigenvalue weighted by atomic mass is 10.1. The first-order chi connectivity index (χ1) is 6.87. The Morgan fingerprint density at radius 2 is 1.67 bits per heavy atom. The maximum Gasteiger partial charge on any atom is 0.230 e. The smallest absolute Gasteiger partial charge is 0.230 e. The molecule has 1 amide bonds. The van der Waals surface area contributed by atoms with Gasteiger partial charge in [0.25, 0.3) is 0 Å². The molecule has 0 spiro atoms. The molecular weight excluding hydrogens is 324 g/mol. The summed E-state index contributed by atoms with van der Waals surface area (Å²) in [5.41, 5.74) is -0.247. The van der Waals surface area contributed by atoms with Crippen LogP contribution in [0.1, 0.15) is 13.3 Å². The van der Waals surface area contributed by atoms with Crippen molar-refractivity contribution in [1.29, 1.82) is 0 Å². The highest BCUT2D eigenvalue weighted by Crippen LogP contribution is 2.66. The average molecular weight is 340 g/mol. The van der Waals surface area contributed by atoms with Gasteiger partial charge < -0.3 is 9.80 Å². The number of amides is 1. The molecule has 0 aromatic carbocycles. The molecule has 1 aliphatic heterocycles. The molecule has 5 heteroatoms. The van der Waals surface area contributed by atoms with Gasteiger partial charge in [-0.3, -0.25) is 4.79 Å². The summed E-state index contributed by atoms with van der Waals surface area (Å²) in [4.78, 5) is 16.5. The Bertz CT molecular complexity index is 287. The van der Waals surface area contributed by atoms with Gasteiger partial charge in [0.05, 0.1) is 8.65 Å². The third-order valence-corrected chi connectivity index (χ3v) is 5.83. The second-order valence-electron chi connectivity index (χ2n) is 4.81. The van der Waals surface area contributed by atoms with Crippen molar-refractivity contribution in [2.75, 3.05) is 33.2 Å². The van der Waals surface area contributed by atoms with Gasteiger partial charge >= 0.3 is 0 Å². The second kappa shape index (κ2) is 3.70. The Kier molecular flexibility index (Phi) is 2.93. The Labute approximate surface area is 107 Å². The minimum Gasteiger partial charge on any atom is -0.340 e. The molecule has 2 rings (SSSR count). The molecule has 1 atom stereocenters. The first-order valence-electron chi connectivity index (χ1n) is 5.22. The first kappa shape index (κ1) is 11.9. The van der Waals surface area contributed by atoms with Crippen LogP contribution in [0.2, 0.25) is 0 Å². The standard InChI is InChI=1S/C10H16Br2N2O/c1-9(7-10(9,11)12)8(15)14-5-3-13(2)4-6-14/h3-7H2,1-2H3/t9-/m0/s1. The molecule has 3 nitrogen and oxygen atoms in total. The number of carbonyl (C=O) groups is 1.